The minimum absolute atomic E-state index is 0.0431. The van der Waals surface area contributed by atoms with Gasteiger partial charge in [0, 0.05) is 12.3 Å². The van der Waals surface area contributed by atoms with Crippen molar-refractivity contribution in [2.75, 3.05) is 18.1 Å². The predicted octanol–water partition coefficient (Wildman–Crippen LogP) is 1.49. The van der Waals surface area contributed by atoms with E-state index in [0.29, 0.717) is 12.1 Å². The molecule has 0 atom stereocenters. The second-order valence-corrected chi connectivity index (χ2v) is 5.98. The van der Waals surface area contributed by atoms with Crippen LogP contribution in [0.1, 0.15) is 13.3 Å². The van der Waals surface area contributed by atoms with Crippen LogP contribution >= 0.6 is 0 Å². The maximum absolute atomic E-state index is 12.6. The van der Waals surface area contributed by atoms with Gasteiger partial charge in [0.15, 0.2) is 0 Å². The van der Waals surface area contributed by atoms with Crippen LogP contribution in [0.3, 0.4) is 0 Å². The Morgan fingerprint density at radius 2 is 2.19 bits per heavy atom. The third-order valence-corrected chi connectivity index (χ3v) is 4.12. The molecule has 6 heteroatoms. The lowest BCUT2D eigenvalue weighted by molar-refractivity contribution is 0.179. The van der Waals surface area contributed by atoms with Crippen molar-refractivity contribution >= 4 is 9.84 Å². The quantitative estimate of drug-likeness (QED) is 0.805. The molecule has 1 aliphatic heterocycles. The predicted molar refractivity (Wildman–Crippen MR) is 59.1 cm³/mol. The minimum Gasteiger partial charge on any atom is -0.380 e. The molecule has 0 bridgehead atoms. The molecule has 1 rings (SSSR count). The number of hydrogen-bond acceptors (Lipinski definition) is 3. The first-order chi connectivity index (χ1) is 7.46. The molecule has 0 fully saturated rings. The van der Waals surface area contributed by atoms with Gasteiger partial charge in [0.1, 0.15) is 9.84 Å². The summed E-state index contributed by atoms with van der Waals surface area (Å²) in [5.41, 5.74) is 0.243. The molecular formula is C10H15F2NO2S. The van der Waals surface area contributed by atoms with Gasteiger partial charge in [-0.3, -0.25) is 0 Å². The highest BCUT2D eigenvalue weighted by atomic mass is 32.2. The van der Waals surface area contributed by atoms with Crippen molar-refractivity contribution in [3.8, 4) is 0 Å². The number of nitrogens with one attached hydrogen (secondary N) is 1. The van der Waals surface area contributed by atoms with Gasteiger partial charge in [0.05, 0.1) is 11.4 Å². The van der Waals surface area contributed by atoms with Crippen LogP contribution in [-0.2, 0) is 9.84 Å². The summed E-state index contributed by atoms with van der Waals surface area (Å²) < 4.78 is 47.7. The lowest BCUT2D eigenvalue weighted by Crippen LogP contribution is -2.24. The van der Waals surface area contributed by atoms with Crippen molar-refractivity contribution in [2.45, 2.75) is 19.8 Å². The lowest BCUT2D eigenvalue weighted by atomic mass is 10.1. The molecule has 0 amide bonds. The average molecular weight is 251 g/mol. The van der Waals surface area contributed by atoms with Gasteiger partial charge in [-0.1, -0.05) is 19.1 Å². The smallest absolute Gasteiger partial charge is 0.278 e. The molecule has 0 spiro atoms. The first kappa shape index (κ1) is 13.2. The van der Waals surface area contributed by atoms with E-state index < -0.39 is 16.3 Å². The minimum atomic E-state index is -3.11. The van der Waals surface area contributed by atoms with Gasteiger partial charge < -0.3 is 5.32 Å². The van der Waals surface area contributed by atoms with E-state index in [9.17, 15) is 17.2 Å². The van der Waals surface area contributed by atoms with Gasteiger partial charge in [-0.25, -0.2) is 17.2 Å². The largest absolute Gasteiger partial charge is 0.380 e. The summed E-state index contributed by atoms with van der Waals surface area (Å²) in [5.74, 6) is -0.0392. The van der Waals surface area contributed by atoms with Gasteiger partial charge in [-0.15, -0.1) is 0 Å². The molecule has 0 unspecified atom stereocenters. The fourth-order valence-corrected chi connectivity index (χ4v) is 2.24. The zero-order chi connectivity index (χ0) is 12.2. The number of sulfone groups is 1. The van der Waals surface area contributed by atoms with E-state index >= 15 is 0 Å². The van der Waals surface area contributed by atoms with Gasteiger partial charge in [0.25, 0.3) is 6.43 Å². The van der Waals surface area contributed by atoms with Gasteiger partial charge >= 0.3 is 0 Å². The van der Waals surface area contributed by atoms with E-state index in [-0.39, 0.29) is 23.6 Å². The van der Waals surface area contributed by atoms with Crippen LogP contribution in [0.4, 0.5) is 8.78 Å². The van der Waals surface area contributed by atoms with Crippen molar-refractivity contribution in [3.05, 3.63) is 23.4 Å². The molecule has 16 heavy (non-hydrogen) atoms. The van der Waals surface area contributed by atoms with E-state index in [4.69, 9.17) is 0 Å². The van der Waals surface area contributed by atoms with E-state index in [0.717, 1.165) is 0 Å². The van der Waals surface area contributed by atoms with Crippen LogP contribution in [0.25, 0.3) is 0 Å². The number of alkyl halides is 2. The van der Waals surface area contributed by atoms with Gasteiger partial charge in [0.2, 0.25) is 0 Å². The molecule has 1 N–H and O–H groups in total. The van der Waals surface area contributed by atoms with Crippen LogP contribution in [-0.4, -0.2) is 32.9 Å². The average Bonchev–Trinajstić information content (AvgIpc) is 2.27. The Balaban J connectivity index is 2.74. The number of rotatable bonds is 5. The Kier molecular flexibility index (Phi) is 4.46. The van der Waals surface area contributed by atoms with Crippen LogP contribution in [0, 0.1) is 0 Å². The molecular weight excluding hydrogens is 236 g/mol. The van der Waals surface area contributed by atoms with Crippen molar-refractivity contribution in [1.29, 1.82) is 0 Å². The molecule has 0 saturated heterocycles. The topological polar surface area (TPSA) is 46.2 Å². The molecule has 3 nitrogen and oxygen atoms in total. The Morgan fingerprint density at radius 1 is 1.50 bits per heavy atom. The van der Waals surface area contributed by atoms with E-state index in [1.807, 2.05) is 0 Å². The highest BCUT2D eigenvalue weighted by Crippen LogP contribution is 2.19. The zero-order valence-electron chi connectivity index (χ0n) is 9.04. The number of halogens is 2. The standard InChI is InChI=1S/C10H15F2NO2S/c1-2-16(14,15)7-5-8-4-3-6-13-9(8)10(11)12/h3-4,10,13H,2,5-7H2,1H3. The number of hydrogen-bond donors (Lipinski definition) is 1. The van der Waals surface area contributed by atoms with Crippen molar-refractivity contribution in [1.82, 2.24) is 5.32 Å². The van der Waals surface area contributed by atoms with Crippen molar-refractivity contribution < 1.29 is 17.2 Å². The Bertz CT molecular complexity index is 399. The molecule has 0 aromatic heterocycles. The summed E-state index contributed by atoms with van der Waals surface area (Å²) in [5, 5.41) is 2.57. The summed E-state index contributed by atoms with van der Waals surface area (Å²) in [6.07, 6.45) is 0.840. The third-order valence-electron chi connectivity index (χ3n) is 2.42. The summed E-state index contributed by atoms with van der Waals surface area (Å²) >= 11 is 0. The molecule has 92 valence electrons. The molecule has 0 saturated carbocycles. The fourth-order valence-electron chi connectivity index (χ4n) is 1.42. The van der Waals surface area contributed by atoms with Gasteiger partial charge in [-0.05, 0) is 12.0 Å². The van der Waals surface area contributed by atoms with E-state index in [1.54, 1.807) is 19.1 Å². The highest BCUT2D eigenvalue weighted by molar-refractivity contribution is 7.91. The number of dihydropyridines is 1. The summed E-state index contributed by atoms with van der Waals surface area (Å²) in [6.45, 7) is 1.91. The Hall–Kier alpha value is -0.910. The summed E-state index contributed by atoms with van der Waals surface area (Å²) in [4.78, 5) is 0. The maximum Gasteiger partial charge on any atom is 0.278 e. The summed E-state index contributed by atoms with van der Waals surface area (Å²) in [7, 11) is -3.11. The van der Waals surface area contributed by atoms with Crippen LogP contribution in [0.15, 0.2) is 23.4 Å². The molecule has 0 aromatic rings. The van der Waals surface area contributed by atoms with E-state index in [2.05, 4.69) is 5.32 Å². The van der Waals surface area contributed by atoms with Crippen molar-refractivity contribution in [2.24, 2.45) is 0 Å². The Morgan fingerprint density at radius 3 is 2.75 bits per heavy atom. The maximum atomic E-state index is 12.6. The van der Waals surface area contributed by atoms with Crippen LogP contribution in [0.5, 0.6) is 0 Å². The summed E-state index contributed by atoms with van der Waals surface area (Å²) in [6, 6.07) is 0. The lowest BCUT2D eigenvalue weighted by Gasteiger charge is -2.17. The first-order valence-corrected chi connectivity index (χ1v) is 6.90. The van der Waals surface area contributed by atoms with Crippen LogP contribution < -0.4 is 5.32 Å². The third kappa shape index (κ3) is 3.59. The highest BCUT2D eigenvalue weighted by Gasteiger charge is 2.18. The van der Waals surface area contributed by atoms with Crippen LogP contribution in [0.2, 0.25) is 0 Å². The molecule has 0 aromatic carbocycles. The first-order valence-electron chi connectivity index (χ1n) is 5.08. The van der Waals surface area contributed by atoms with E-state index in [1.165, 1.54) is 0 Å². The molecule has 0 aliphatic carbocycles. The second-order valence-electron chi connectivity index (χ2n) is 3.51. The zero-order valence-corrected chi connectivity index (χ0v) is 9.86. The second kappa shape index (κ2) is 5.43. The van der Waals surface area contributed by atoms with Gasteiger partial charge in [-0.2, -0.15) is 0 Å². The SMILES string of the molecule is CCS(=O)(=O)CCC1=C(C(F)F)NCC=C1. The number of allylic oxidation sites excluding steroid dienone is 3. The normalized spacial score (nSPS) is 16.8. The fraction of sp³-hybridized carbons (Fsp3) is 0.600. The van der Waals surface area contributed by atoms with Crippen molar-refractivity contribution in [3.63, 3.8) is 0 Å². The molecule has 1 heterocycles. The molecule has 0 radical (unpaired) electrons. The monoisotopic (exact) mass is 251 g/mol. The Labute approximate surface area is 94.1 Å². The molecule has 1 aliphatic rings.